The number of rotatable bonds is 8. The van der Waals surface area contributed by atoms with Crippen LogP contribution in [0, 0.1) is 0 Å². The number of carbonyl (C=O) groups excluding carboxylic acids is 1. The van der Waals surface area contributed by atoms with Crippen LogP contribution in [-0.4, -0.2) is 42.7 Å². The second-order valence-corrected chi connectivity index (χ2v) is 9.51. The summed E-state index contributed by atoms with van der Waals surface area (Å²) in [5.74, 6) is 0.0424. The lowest BCUT2D eigenvalue weighted by molar-refractivity contribution is 0.0520. The number of sulfonamides is 1. The second kappa shape index (κ2) is 9.09. The summed E-state index contributed by atoms with van der Waals surface area (Å²) < 4.78 is 35.1. The molecule has 4 rings (SSSR count). The molecule has 2 aromatic heterocycles. The maximum absolute atomic E-state index is 12.8. The maximum atomic E-state index is 12.8. The van der Waals surface area contributed by atoms with E-state index < -0.39 is 16.0 Å². The van der Waals surface area contributed by atoms with Crippen molar-refractivity contribution in [3.63, 3.8) is 0 Å². The lowest BCUT2D eigenvalue weighted by Gasteiger charge is -2.10. The van der Waals surface area contributed by atoms with Gasteiger partial charge in [-0.15, -0.1) is 11.8 Å². The Hall–Kier alpha value is -2.88. The zero-order chi connectivity index (χ0) is 21.8. The predicted molar refractivity (Wildman–Crippen MR) is 121 cm³/mol. The Morgan fingerprint density at radius 3 is 2.71 bits per heavy atom. The number of imidazole rings is 1. The molecule has 160 valence electrons. The highest BCUT2D eigenvalue weighted by molar-refractivity contribution is 7.99. The number of hydrogen-bond acceptors (Lipinski definition) is 6. The summed E-state index contributed by atoms with van der Waals surface area (Å²) in [6.45, 7) is 2.28. The van der Waals surface area contributed by atoms with Crippen LogP contribution in [0.3, 0.4) is 0 Å². The van der Waals surface area contributed by atoms with Crippen molar-refractivity contribution >= 4 is 44.2 Å². The van der Waals surface area contributed by atoms with E-state index in [4.69, 9.17) is 4.74 Å². The van der Waals surface area contributed by atoms with Crippen molar-refractivity contribution in [3.8, 4) is 0 Å². The van der Waals surface area contributed by atoms with Crippen molar-refractivity contribution in [2.75, 3.05) is 18.9 Å². The van der Waals surface area contributed by atoms with Gasteiger partial charge in [-0.3, -0.25) is 4.40 Å². The minimum absolute atomic E-state index is 0.242. The first-order chi connectivity index (χ1) is 15.0. The molecule has 0 unspecified atom stereocenters. The molecule has 2 aromatic carbocycles. The molecular weight excluding hydrogens is 434 g/mol. The molecule has 0 aliphatic rings. The number of hydrogen-bond donors (Lipinski definition) is 1. The molecular formula is C22H21N3O4S2. The summed E-state index contributed by atoms with van der Waals surface area (Å²) in [4.78, 5) is 16.5. The zero-order valence-corrected chi connectivity index (χ0v) is 18.4. The molecule has 0 bridgehead atoms. The quantitative estimate of drug-likeness (QED) is 0.247. The number of carbonyl (C=O) groups is 1. The fraction of sp³-hybridized carbons (Fsp3) is 0.182. The van der Waals surface area contributed by atoms with Gasteiger partial charge in [-0.25, -0.2) is 22.9 Å². The van der Waals surface area contributed by atoms with Crippen molar-refractivity contribution < 1.29 is 17.9 Å². The Morgan fingerprint density at radius 2 is 1.87 bits per heavy atom. The summed E-state index contributed by atoms with van der Waals surface area (Å²) >= 11 is 1.47. The SMILES string of the molecule is CCOC(=O)c1cn2c(SCCNS(=O)(=O)c3cccc4ccccc34)cccc2n1. The lowest BCUT2D eigenvalue weighted by Crippen LogP contribution is -2.26. The molecule has 0 fully saturated rings. The Labute approximate surface area is 184 Å². The van der Waals surface area contributed by atoms with Crippen molar-refractivity contribution in [1.29, 1.82) is 0 Å². The molecule has 0 spiro atoms. The molecule has 0 amide bonds. The molecule has 0 aliphatic heterocycles. The number of fused-ring (bicyclic) bond motifs is 2. The topological polar surface area (TPSA) is 89.8 Å². The fourth-order valence-corrected chi connectivity index (χ4v) is 5.51. The summed E-state index contributed by atoms with van der Waals surface area (Å²) in [5, 5.41) is 2.42. The van der Waals surface area contributed by atoms with Gasteiger partial charge in [0.25, 0.3) is 0 Å². The molecule has 2 heterocycles. The van der Waals surface area contributed by atoms with Crippen LogP contribution in [0.5, 0.6) is 0 Å². The summed E-state index contributed by atoms with van der Waals surface area (Å²) in [6.07, 6.45) is 1.63. The van der Waals surface area contributed by atoms with Crippen LogP contribution < -0.4 is 4.72 Å². The highest BCUT2D eigenvalue weighted by Gasteiger charge is 2.17. The Balaban J connectivity index is 1.45. The van der Waals surface area contributed by atoms with E-state index in [0.717, 1.165) is 10.4 Å². The molecule has 31 heavy (non-hydrogen) atoms. The number of pyridine rings is 1. The molecule has 0 atom stereocenters. The number of benzene rings is 2. The monoisotopic (exact) mass is 455 g/mol. The van der Waals surface area contributed by atoms with Crippen molar-refractivity contribution in [2.24, 2.45) is 0 Å². The van der Waals surface area contributed by atoms with Crippen LogP contribution in [0.25, 0.3) is 16.4 Å². The first kappa shape index (κ1) is 21.4. The van der Waals surface area contributed by atoms with E-state index in [2.05, 4.69) is 9.71 Å². The third-order valence-electron chi connectivity index (χ3n) is 4.62. The van der Waals surface area contributed by atoms with Gasteiger partial charge in [-0.1, -0.05) is 42.5 Å². The Kier molecular flexibility index (Phi) is 6.26. The number of nitrogens with one attached hydrogen (secondary N) is 1. The van der Waals surface area contributed by atoms with E-state index in [1.54, 1.807) is 41.8 Å². The van der Waals surface area contributed by atoms with Gasteiger partial charge >= 0.3 is 5.97 Å². The molecule has 0 saturated carbocycles. The standard InChI is InChI=1S/C22H21N3O4S2/c1-2-29-22(26)18-15-25-20(24-18)11-6-12-21(25)30-14-13-23-31(27,28)19-10-5-8-16-7-3-4-9-17(16)19/h3-12,15,23H,2,13-14H2,1H3. The maximum Gasteiger partial charge on any atom is 0.358 e. The minimum atomic E-state index is -3.64. The van der Waals surface area contributed by atoms with E-state index in [9.17, 15) is 13.2 Å². The van der Waals surface area contributed by atoms with Gasteiger partial charge in [0, 0.05) is 23.9 Å². The molecule has 9 heteroatoms. The molecule has 0 saturated heterocycles. The van der Waals surface area contributed by atoms with Gasteiger partial charge < -0.3 is 4.74 Å². The summed E-state index contributed by atoms with van der Waals surface area (Å²) in [5.41, 5.74) is 0.871. The largest absolute Gasteiger partial charge is 0.461 e. The molecule has 1 N–H and O–H groups in total. The van der Waals surface area contributed by atoms with E-state index in [1.165, 1.54) is 11.8 Å². The van der Waals surface area contributed by atoms with Gasteiger partial charge in [0.1, 0.15) is 5.65 Å². The second-order valence-electron chi connectivity index (χ2n) is 6.66. The van der Waals surface area contributed by atoms with Crippen LogP contribution in [0.4, 0.5) is 0 Å². The summed E-state index contributed by atoms with van der Waals surface area (Å²) in [6, 6.07) is 18.2. The molecule has 0 aliphatic carbocycles. The van der Waals surface area contributed by atoms with Crippen LogP contribution >= 0.6 is 11.8 Å². The normalized spacial score (nSPS) is 11.8. The smallest absolute Gasteiger partial charge is 0.358 e. The number of nitrogens with zero attached hydrogens (tertiary/aromatic N) is 2. The average Bonchev–Trinajstić information content (AvgIpc) is 3.22. The van der Waals surface area contributed by atoms with E-state index >= 15 is 0 Å². The molecule has 0 radical (unpaired) electrons. The first-order valence-electron chi connectivity index (χ1n) is 9.75. The van der Waals surface area contributed by atoms with E-state index in [1.807, 2.05) is 36.4 Å². The Morgan fingerprint density at radius 1 is 1.10 bits per heavy atom. The van der Waals surface area contributed by atoms with E-state index in [0.29, 0.717) is 16.8 Å². The minimum Gasteiger partial charge on any atom is -0.461 e. The zero-order valence-electron chi connectivity index (χ0n) is 16.8. The highest BCUT2D eigenvalue weighted by Crippen LogP contribution is 2.23. The molecule has 7 nitrogen and oxygen atoms in total. The third-order valence-corrected chi connectivity index (χ3v) is 7.18. The number of esters is 1. The first-order valence-corrected chi connectivity index (χ1v) is 12.2. The number of ether oxygens (including phenoxy) is 1. The van der Waals surface area contributed by atoms with Gasteiger partial charge in [-0.2, -0.15) is 0 Å². The fourth-order valence-electron chi connectivity index (χ4n) is 3.25. The predicted octanol–water partition coefficient (Wildman–Crippen LogP) is 3.73. The highest BCUT2D eigenvalue weighted by atomic mass is 32.2. The van der Waals surface area contributed by atoms with Gasteiger partial charge in [0.05, 0.1) is 16.5 Å². The number of thioether (sulfide) groups is 1. The number of aromatic nitrogens is 2. The Bertz CT molecular complexity index is 1340. The lowest BCUT2D eigenvalue weighted by atomic mass is 10.1. The average molecular weight is 456 g/mol. The van der Waals surface area contributed by atoms with Crippen molar-refractivity contribution in [2.45, 2.75) is 16.8 Å². The van der Waals surface area contributed by atoms with Gasteiger partial charge in [0.2, 0.25) is 10.0 Å². The van der Waals surface area contributed by atoms with Crippen LogP contribution in [0.1, 0.15) is 17.4 Å². The van der Waals surface area contributed by atoms with E-state index in [-0.39, 0.29) is 23.7 Å². The van der Waals surface area contributed by atoms with Crippen molar-refractivity contribution in [1.82, 2.24) is 14.1 Å². The van der Waals surface area contributed by atoms with Crippen molar-refractivity contribution in [3.05, 3.63) is 72.6 Å². The van der Waals surface area contributed by atoms with Crippen LogP contribution in [0.15, 0.2) is 76.8 Å². The van der Waals surface area contributed by atoms with Gasteiger partial charge in [0.15, 0.2) is 5.69 Å². The third kappa shape index (κ3) is 4.58. The van der Waals surface area contributed by atoms with Crippen LogP contribution in [-0.2, 0) is 14.8 Å². The van der Waals surface area contributed by atoms with Crippen LogP contribution in [0.2, 0.25) is 0 Å². The molecule has 4 aromatic rings. The van der Waals surface area contributed by atoms with Gasteiger partial charge in [-0.05, 0) is 30.5 Å². The summed E-state index contributed by atoms with van der Waals surface area (Å²) in [7, 11) is -3.64.